The summed E-state index contributed by atoms with van der Waals surface area (Å²) in [4.78, 5) is 12.9. The van der Waals surface area contributed by atoms with Crippen LogP contribution in [-0.2, 0) is 5.41 Å². The first-order valence-corrected chi connectivity index (χ1v) is 7.63. The Morgan fingerprint density at radius 1 is 1.20 bits per heavy atom. The van der Waals surface area contributed by atoms with Crippen molar-refractivity contribution in [2.75, 3.05) is 13.1 Å². The van der Waals surface area contributed by atoms with Crippen LogP contribution in [0.3, 0.4) is 0 Å². The Balaban J connectivity index is 2.29. The average molecular weight is 273 g/mol. The lowest BCUT2D eigenvalue weighted by atomic mass is 9.71. The molecule has 110 valence electrons. The fourth-order valence-electron chi connectivity index (χ4n) is 3.07. The van der Waals surface area contributed by atoms with E-state index in [1.807, 2.05) is 12.1 Å². The molecule has 1 fully saturated rings. The normalized spacial score (nSPS) is 23.3. The van der Waals surface area contributed by atoms with Crippen LogP contribution in [0, 0.1) is 11.3 Å². The molecule has 1 heterocycles. The molecule has 1 atom stereocenters. The van der Waals surface area contributed by atoms with Crippen molar-refractivity contribution in [1.29, 1.82) is 0 Å². The van der Waals surface area contributed by atoms with Gasteiger partial charge in [0.15, 0.2) is 5.78 Å². The van der Waals surface area contributed by atoms with Gasteiger partial charge in [0.25, 0.3) is 0 Å². The molecular weight excluding hydrogens is 246 g/mol. The van der Waals surface area contributed by atoms with E-state index in [0.717, 1.165) is 25.1 Å². The quantitative estimate of drug-likeness (QED) is 0.849. The highest BCUT2D eigenvalue weighted by atomic mass is 16.1. The van der Waals surface area contributed by atoms with E-state index in [9.17, 15) is 4.79 Å². The molecular formula is C18H27NO. The summed E-state index contributed by atoms with van der Waals surface area (Å²) >= 11 is 0. The molecule has 0 aromatic heterocycles. The van der Waals surface area contributed by atoms with Crippen molar-refractivity contribution in [3.63, 3.8) is 0 Å². The number of nitrogens with one attached hydrogen (secondary N) is 1. The summed E-state index contributed by atoms with van der Waals surface area (Å²) < 4.78 is 0. The van der Waals surface area contributed by atoms with E-state index in [2.05, 4.69) is 52.1 Å². The zero-order valence-electron chi connectivity index (χ0n) is 13.4. The standard InChI is InChI=1S/C18H27NO/c1-13(2)18(10-11-19-12-18)16(20)14-6-8-15(9-7-14)17(3,4)5/h6-9,13,19H,10-12H2,1-5H3. The predicted octanol–water partition coefficient (Wildman–Crippen LogP) is 3.80. The molecule has 1 N–H and O–H groups in total. The summed E-state index contributed by atoms with van der Waals surface area (Å²) in [5.74, 6) is 0.672. The Morgan fingerprint density at radius 2 is 1.80 bits per heavy atom. The third-order valence-electron chi connectivity index (χ3n) is 4.76. The molecule has 1 aliphatic heterocycles. The Morgan fingerprint density at radius 3 is 2.20 bits per heavy atom. The smallest absolute Gasteiger partial charge is 0.170 e. The van der Waals surface area contributed by atoms with Gasteiger partial charge in [-0.2, -0.15) is 0 Å². The largest absolute Gasteiger partial charge is 0.316 e. The van der Waals surface area contributed by atoms with Gasteiger partial charge in [-0.05, 0) is 29.9 Å². The van der Waals surface area contributed by atoms with Gasteiger partial charge in [0.2, 0.25) is 0 Å². The molecule has 0 aliphatic carbocycles. The summed E-state index contributed by atoms with van der Waals surface area (Å²) in [7, 11) is 0. The van der Waals surface area contributed by atoms with Gasteiger partial charge in [0.05, 0.1) is 0 Å². The number of Topliss-reactive ketones (excluding diaryl/α,β-unsaturated/α-hetero) is 1. The van der Waals surface area contributed by atoms with Crippen molar-refractivity contribution in [3.8, 4) is 0 Å². The van der Waals surface area contributed by atoms with E-state index in [4.69, 9.17) is 0 Å². The first-order chi connectivity index (χ1) is 9.27. The first kappa shape index (κ1) is 15.2. The van der Waals surface area contributed by atoms with Crippen molar-refractivity contribution < 1.29 is 4.79 Å². The number of hydrogen-bond donors (Lipinski definition) is 1. The highest BCUT2D eigenvalue weighted by Gasteiger charge is 2.43. The lowest BCUT2D eigenvalue weighted by Gasteiger charge is -2.31. The maximum atomic E-state index is 12.9. The minimum Gasteiger partial charge on any atom is -0.316 e. The van der Waals surface area contributed by atoms with Crippen LogP contribution in [0.1, 0.15) is 57.0 Å². The van der Waals surface area contributed by atoms with Gasteiger partial charge in [0, 0.05) is 17.5 Å². The number of ketones is 1. The van der Waals surface area contributed by atoms with Crippen molar-refractivity contribution in [2.45, 2.75) is 46.5 Å². The zero-order valence-corrected chi connectivity index (χ0v) is 13.4. The van der Waals surface area contributed by atoms with Gasteiger partial charge in [-0.25, -0.2) is 0 Å². The van der Waals surface area contributed by atoms with Gasteiger partial charge in [-0.15, -0.1) is 0 Å². The number of carbonyl (C=O) groups is 1. The van der Waals surface area contributed by atoms with Gasteiger partial charge in [0.1, 0.15) is 0 Å². The molecule has 1 unspecified atom stereocenters. The monoisotopic (exact) mass is 273 g/mol. The maximum Gasteiger partial charge on any atom is 0.170 e. The summed E-state index contributed by atoms with van der Waals surface area (Å²) in [6, 6.07) is 8.21. The van der Waals surface area contributed by atoms with Crippen LogP contribution in [0.25, 0.3) is 0 Å². The van der Waals surface area contributed by atoms with E-state index in [0.29, 0.717) is 11.7 Å². The molecule has 0 radical (unpaired) electrons. The van der Waals surface area contributed by atoms with Gasteiger partial charge >= 0.3 is 0 Å². The van der Waals surface area contributed by atoms with Gasteiger partial charge < -0.3 is 5.32 Å². The van der Waals surface area contributed by atoms with E-state index in [1.165, 1.54) is 5.56 Å². The Hall–Kier alpha value is -1.15. The second kappa shape index (κ2) is 5.33. The summed E-state index contributed by atoms with van der Waals surface area (Å²) in [5, 5.41) is 3.36. The van der Waals surface area contributed by atoms with Crippen LogP contribution < -0.4 is 5.32 Å². The molecule has 0 amide bonds. The third kappa shape index (κ3) is 2.67. The molecule has 1 saturated heterocycles. The predicted molar refractivity (Wildman–Crippen MR) is 84.2 cm³/mol. The van der Waals surface area contributed by atoms with Crippen LogP contribution in [-0.4, -0.2) is 18.9 Å². The number of benzene rings is 1. The molecule has 1 aromatic carbocycles. The van der Waals surface area contributed by atoms with E-state index < -0.39 is 0 Å². The van der Waals surface area contributed by atoms with Crippen molar-refractivity contribution >= 4 is 5.78 Å². The molecule has 0 spiro atoms. The first-order valence-electron chi connectivity index (χ1n) is 7.63. The van der Waals surface area contributed by atoms with E-state index >= 15 is 0 Å². The second-order valence-electron chi connectivity index (χ2n) is 7.39. The topological polar surface area (TPSA) is 29.1 Å². The van der Waals surface area contributed by atoms with Crippen molar-refractivity contribution in [3.05, 3.63) is 35.4 Å². The third-order valence-corrected chi connectivity index (χ3v) is 4.76. The molecule has 1 aromatic rings. The molecule has 20 heavy (non-hydrogen) atoms. The zero-order chi connectivity index (χ0) is 15.0. The number of hydrogen-bond acceptors (Lipinski definition) is 2. The van der Waals surface area contributed by atoms with E-state index in [1.54, 1.807) is 0 Å². The molecule has 2 rings (SSSR count). The molecule has 0 bridgehead atoms. The summed E-state index contributed by atoms with van der Waals surface area (Å²) in [6.07, 6.45) is 0.949. The SMILES string of the molecule is CC(C)C1(C(=O)c2ccc(C(C)(C)C)cc2)CCNC1. The Labute approximate surface area is 123 Å². The van der Waals surface area contributed by atoms with Gasteiger partial charge in [-0.1, -0.05) is 58.9 Å². The average Bonchev–Trinajstić information content (AvgIpc) is 2.87. The Kier molecular flexibility index (Phi) is 4.06. The summed E-state index contributed by atoms with van der Waals surface area (Å²) in [6.45, 7) is 12.7. The molecule has 1 aliphatic rings. The van der Waals surface area contributed by atoms with Crippen LogP contribution >= 0.6 is 0 Å². The Bertz CT molecular complexity index is 473. The highest BCUT2D eigenvalue weighted by molar-refractivity contribution is 6.01. The van der Waals surface area contributed by atoms with E-state index in [-0.39, 0.29) is 10.8 Å². The minimum absolute atomic E-state index is 0.131. The highest BCUT2D eigenvalue weighted by Crippen LogP contribution is 2.37. The number of carbonyl (C=O) groups excluding carboxylic acids is 1. The van der Waals surface area contributed by atoms with Crippen molar-refractivity contribution in [2.24, 2.45) is 11.3 Å². The summed E-state index contributed by atoms with van der Waals surface area (Å²) in [5.41, 5.74) is 2.04. The molecule has 2 nitrogen and oxygen atoms in total. The number of rotatable bonds is 3. The van der Waals surface area contributed by atoms with Crippen LogP contribution in [0.2, 0.25) is 0 Å². The van der Waals surface area contributed by atoms with Crippen LogP contribution in [0.5, 0.6) is 0 Å². The van der Waals surface area contributed by atoms with Crippen LogP contribution in [0.4, 0.5) is 0 Å². The fourth-order valence-corrected chi connectivity index (χ4v) is 3.07. The van der Waals surface area contributed by atoms with Crippen molar-refractivity contribution in [1.82, 2.24) is 5.32 Å². The van der Waals surface area contributed by atoms with Gasteiger partial charge in [-0.3, -0.25) is 4.79 Å². The van der Waals surface area contributed by atoms with Crippen LogP contribution in [0.15, 0.2) is 24.3 Å². The molecule has 2 heteroatoms. The fraction of sp³-hybridized carbons (Fsp3) is 0.611. The molecule has 0 saturated carbocycles. The minimum atomic E-state index is -0.219. The maximum absolute atomic E-state index is 12.9. The second-order valence-corrected chi connectivity index (χ2v) is 7.39. The lowest BCUT2D eigenvalue weighted by molar-refractivity contribution is 0.0740. The lowest BCUT2D eigenvalue weighted by Crippen LogP contribution is -2.38.